The minimum atomic E-state index is -0.974. The lowest BCUT2D eigenvalue weighted by molar-refractivity contribution is -0.135. The van der Waals surface area contributed by atoms with Crippen LogP contribution in [0, 0.1) is 0 Å². The summed E-state index contributed by atoms with van der Waals surface area (Å²) in [5, 5.41) is 8.67. The molecule has 5 nitrogen and oxygen atoms in total. The Labute approximate surface area is 101 Å². The van der Waals surface area contributed by atoms with Crippen LogP contribution in [0.5, 0.6) is 0 Å². The summed E-state index contributed by atoms with van der Waals surface area (Å²) in [6, 6.07) is 5.04. The number of anilines is 1. The summed E-state index contributed by atoms with van der Waals surface area (Å²) in [5.41, 5.74) is 6.01. The first-order valence-corrected chi connectivity index (χ1v) is 5.24. The quantitative estimate of drug-likeness (QED) is 0.867. The first-order valence-electron chi connectivity index (χ1n) is 4.44. The number of hydrogen-bond acceptors (Lipinski definition) is 3. The van der Waals surface area contributed by atoms with Crippen molar-refractivity contribution in [3.63, 3.8) is 0 Å². The fraction of sp³-hybridized carbons (Fsp3) is 0.200. The third-order valence-corrected chi connectivity index (χ3v) is 2.68. The summed E-state index contributed by atoms with van der Waals surface area (Å²) in [7, 11) is 1.59. The molecule has 3 N–H and O–H groups in total. The van der Waals surface area contributed by atoms with Gasteiger partial charge < -0.3 is 15.7 Å². The second kappa shape index (κ2) is 4.98. The molecule has 0 unspecified atom stereocenters. The summed E-state index contributed by atoms with van der Waals surface area (Å²) < 4.78 is 0.551. The number of carboxylic acids is 1. The number of nitrogens with two attached hydrogens (primary N) is 1. The van der Waals surface area contributed by atoms with E-state index in [1.165, 1.54) is 4.90 Å². The van der Waals surface area contributed by atoms with Gasteiger partial charge in [-0.3, -0.25) is 9.59 Å². The zero-order valence-electron chi connectivity index (χ0n) is 8.61. The Balaban J connectivity index is 3.17. The Morgan fingerprint density at radius 2 is 2.12 bits per heavy atom. The molecule has 16 heavy (non-hydrogen) atoms. The van der Waals surface area contributed by atoms with Gasteiger partial charge in [-0.1, -0.05) is 6.07 Å². The van der Waals surface area contributed by atoms with Crippen molar-refractivity contribution in [3.8, 4) is 0 Å². The van der Waals surface area contributed by atoms with Crippen LogP contribution in [0.25, 0.3) is 0 Å². The van der Waals surface area contributed by atoms with Crippen LogP contribution in [-0.2, 0) is 4.79 Å². The van der Waals surface area contributed by atoms with Gasteiger partial charge in [0.1, 0.15) is 6.54 Å². The van der Waals surface area contributed by atoms with Gasteiger partial charge in [0.15, 0.2) is 0 Å². The number of amides is 1. The Kier molecular flexibility index (Phi) is 3.89. The minimum Gasteiger partial charge on any atom is -0.480 e. The molecule has 86 valence electrons. The molecule has 0 aromatic heterocycles. The van der Waals surface area contributed by atoms with Crippen LogP contribution < -0.4 is 10.6 Å². The fourth-order valence-electron chi connectivity index (χ4n) is 1.36. The van der Waals surface area contributed by atoms with Crippen molar-refractivity contribution in [2.45, 2.75) is 0 Å². The largest absolute Gasteiger partial charge is 0.480 e. The zero-order chi connectivity index (χ0) is 12.3. The molecule has 0 heterocycles. The summed E-state index contributed by atoms with van der Waals surface area (Å²) in [6.07, 6.45) is 0. The summed E-state index contributed by atoms with van der Waals surface area (Å²) in [4.78, 5) is 23.3. The number of benzene rings is 1. The number of carbonyl (C=O) groups excluding carboxylic acids is 1. The predicted octanol–water partition coefficient (Wildman–Crippen LogP) is 1.07. The van der Waals surface area contributed by atoms with E-state index in [-0.39, 0.29) is 12.1 Å². The maximum absolute atomic E-state index is 11.3. The van der Waals surface area contributed by atoms with Gasteiger partial charge >= 0.3 is 5.97 Å². The second-order valence-corrected chi connectivity index (χ2v) is 4.10. The molecule has 0 saturated heterocycles. The van der Waals surface area contributed by atoms with Gasteiger partial charge in [0, 0.05) is 11.5 Å². The van der Waals surface area contributed by atoms with E-state index >= 15 is 0 Å². The molecule has 6 heteroatoms. The number of rotatable bonds is 4. The molecule has 0 saturated carbocycles. The number of carbonyl (C=O) groups is 2. The summed E-state index contributed by atoms with van der Waals surface area (Å²) in [5.74, 6) is -1.57. The SMILES string of the molecule is CN(CC(=O)O)c1cccc(Br)c1C(N)=O. The standard InChI is InChI=1S/C10H11BrN2O3/c1-13(5-8(14)15)7-4-2-3-6(11)9(7)10(12)16/h2-4H,5H2,1H3,(H2,12,16)(H,14,15). The highest BCUT2D eigenvalue weighted by molar-refractivity contribution is 9.10. The molecule has 1 rings (SSSR count). The minimum absolute atomic E-state index is 0.198. The van der Waals surface area contributed by atoms with Gasteiger partial charge in [-0.25, -0.2) is 0 Å². The highest BCUT2D eigenvalue weighted by Crippen LogP contribution is 2.26. The monoisotopic (exact) mass is 286 g/mol. The maximum Gasteiger partial charge on any atom is 0.323 e. The van der Waals surface area contributed by atoms with Gasteiger partial charge in [0.25, 0.3) is 5.91 Å². The molecule has 0 bridgehead atoms. The highest BCUT2D eigenvalue weighted by Gasteiger charge is 2.16. The van der Waals surface area contributed by atoms with Crippen LogP contribution in [-0.4, -0.2) is 30.6 Å². The lowest BCUT2D eigenvalue weighted by atomic mass is 10.1. The lowest BCUT2D eigenvalue weighted by Gasteiger charge is -2.19. The van der Waals surface area contributed by atoms with Crippen LogP contribution in [0.1, 0.15) is 10.4 Å². The van der Waals surface area contributed by atoms with Gasteiger partial charge in [-0.15, -0.1) is 0 Å². The van der Waals surface area contributed by atoms with E-state index in [9.17, 15) is 9.59 Å². The Morgan fingerprint density at radius 3 is 2.62 bits per heavy atom. The molecule has 1 aromatic carbocycles. The Morgan fingerprint density at radius 1 is 1.50 bits per heavy atom. The molecule has 0 aliphatic heterocycles. The van der Waals surface area contributed by atoms with Crippen molar-refractivity contribution < 1.29 is 14.7 Å². The van der Waals surface area contributed by atoms with Crippen molar-refractivity contribution >= 4 is 33.5 Å². The number of aliphatic carboxylic acids is 1. The van der Waals surface area contributed by atoms with E-state index in [0.717, 1.165) is 0 Å². The summed E-state index contributed by atoms with van der Waals surface area (Å²) >= 11 is 3.21. The van der Waals surface area contributed by atoms with E-state index < -0.39 is 11.9 Å². The molecule has 0 aliphatic rings. The Hall–Kier alpha value is -1.56. The van der Waals surface area contributed by atoms with Gasteiger partial charge in [-0.2, -0.15) is 0 Å². The van der Waals surface area contributed by atoms with Crippen molar-refractivity contribution in [3.05, 3.63) is 28.2 Å². The molecule has 1 amide bonds. The molecule has 0 spiro atoms. The molecule has 0 atom stereocenters. The van der Waals surface area contributed by atoms with Crippen molar-refractivity contribution in [2.75, 3.05) is 18.5 Å². The van der Waals surface area contributed by atoms with Crippen molar-refractivity contribution in [1.82, 2.24) is 0 Å². The number of halogens is 1. The number of carboxylic acid groups (broad SMARTS) is 1. The third kappa shape index (κ3) is 2.73. The average Bonchev–Trinajstić information content (AvgIpc) is 2.15. The van der Waals surface area contributed by atoms with Crippen LogP contribution in [0.4, 0.5) is 5.69 Å². The normalized spacial score (nSPS) is 9.88. The summed E-state index contributed by atoms with van der Waals surface area (Å²) in [6.45, 7) is -0.198. The fourth-order valence-corrected chi connectivity index (χ4v) is 1.91. The molecule has 1 aromatic rings. The first-order chi connectivity index (χ1) is 7.43. The first kappa shape index (κ1) is 12.5. The van der Waals surface area contributed by atoms with E-state index in [4.69, 9.17) is 10.8 Å². The van der Waals surface area contributed by atoms with Crippen molar-refractivity contribution in [2.24, 2.45) is 5.73 Å². The van der Waals surface area contributed by atoms with E-state index in [0.29, 0.717) is 10.2 Å². The van der Waals surface area contributed by atoms with Gasteiger partial charge in [0.05, 0.1) is 11.3 Å². The van der Waals surface area contributed by atoms with E-state index in [1.54, 1.807) is 25.2 Å². The molecule has 0 fully saturated rings. The maximum atomic E-state index is 11.3. The smallest absolute Gasteiger partial charge is 0.323 e. The molecular formula is C10H11BrN2O3. The predicted molar refractivity (Wildman–Crippen MR) is 63.6 cm³/mol. The number of primary amides is 1. The zero-order valence-corrected chi connectivity index (χ0v) is 10.2. The van der Waals surface area contributed by atoms with Crippen LogP contribution >= 0.6 is 15.9 Å². The van der Waals surface area contributed by atoms with Crippen LogP contribution in [0.15, 0.2) is 22.7 Å². The van der Waals surface area contributed by atoms with Crippen LogP contribution in [0.2, 0.25) is 0 Å². The molecule has 0 aliphatic carbocycles. The van der Waals surface area contributed by atoms with Crippen LogP contribution in [0.3, 0.4) is 0 Å². The topological polar surface area (TPSA) is 83.6 Å². The highest BCUT2D eigenvalue weighted by atomic mass is 79.9. The van der Waals surface area contributed by atoms with Gasteiger partial charge in [0.2, 0.25) is 0 Å². The van der Waals surface area contributed by atoms with E-state index in [2.05, 4.69) is 15.9 Å². The number of nitrogens with zero attached hydrogens (tertiary/aromatic N) is 1. The van der Waals surface area contributed by atoms with Crippen molar-refractivity contribution in [1.29, 1.82) is 0 Å². The number of hydrogen-bond donors (Lipinski definition) is 2. The number of likely N-dealkylation sites (N-methyl/N-ethyl adjacent to an activating group) is 1. The lowest BCUT2D eigenvalue weighted by Crippen LogP contribution is -2.28. The van der Waals surface area contributed by atoms with E-state index in [1.807, 2.05) is 0 Å². The third-order valence-electron chi connectivity index (χ3n) is 2.02. The average molecular weight is 287 g/mol. The molecule has 0 radical (unpaired) electrons. The second-order valence-electron chi connectivity index (χ2n) is 3.25. The Bertz CT molecular complexity index is 434. The van der Waals surface area contributed by atoms with Gasteiger partial charge in [-0.05, 0) is 28.1 Å². The molecular weight excluding hydrogens is 276 g/mol.